The van der Waals surface area contributed by atoms with Crippen molar-refractivity contribution in [2.45, 2.75) is 25.3 Å². The topological polar surface area (TPSA) is 77.2 Å². The zero-order chi connectivity index (χ0) is 19.6. The molecule has 28 heavy (non-hydrogen) atoms. The van der Waals surface area contributed by atoms with Crippen LogP contribution in [0.15, 0.2) is 65.5 Å². The Labute approximate surface area is 163 Å². The second-order valence-electron chi connectivity index (χ2n) is 6.88. The number of hydrogen-bond donors (Lipinski definition) is 0. The van der Waals surface area contributed by atoms with Gasteiger partial charge in [-0.1, -0.05) is 60.7 Å². The number of nitrogens with zero attached hydrogens (tertiary/aromatic N) is 4. The van der Waals surface area contributed by atoms with Gasteiger partial charge in [-0.25, -0.2) is 17.9 Å². The lowest BCUT2D eigenvalue weighted by molar-refractivity contribution is 0.410. The molecule has 0 saturated heterocycles. The maximum absolute atomic E-state index is 12.8. The number of sulfonamides is 1. The molecule has 0 bridgehead atoms. The fourth-order valence-electron chi connectivity index (χ4n) is 3.46. The molecule has 0 unspecified atom stereocenters. The summed E-state index contributed by atoms with van der Waals surface area (Å²) in [7, 11) is -3.44. The van der Waals surface area contributed by atoms with Gasteiger partial charge in [0.05, 0.1) is 12.3 Å². The minimum absolute atomic E-state index is 0.0333. The molecule has 0 aliphatic carbocycles. The third kappa shape index (κ3) is 3.93. The summed E-state index contributed by atoms with van der Waals surface area (Å²) < 4.78 is 30.1. The van der Waals surface area contributed by atoms with E-state index < -0.39 is 10.0 Å². The molecule has 3 aromatic rings. The van der Waals surface area contributed by atoms with Crippen molar-refractivity contribution < 1.29 is 8.42 Å². The van der Waals surface area contributed by atoms with Gasteiger partial charge < -0.3 is 0 Å². The molecule has 0 saturated carbocycles. The lowest BCUT2D eigenvalue weighted by atomic mass is 10.2. The molecular weight excluding hydrogens is 376 g/mol. The fourth-order valence-corrected chi connectivity index (χ4v) is 4.98. The van der Waals surface area contributed by atoms with E-state index in [0.29, 0.717) is 31.9 Å². The number of fused-ring (bicyclic) bond motifs is 1. The first-order chi connectivity index (χ1) is 13.5. The molecule has 1 aromatic heterocycles. The van der Waals surface area contributed by atoms with Crippen molar-refractivity contribution in [2.75, 3.05) is 13.1 Å². The summed E-state index contributed by atoms with van der Waals surface area (Å²) in [5.41, 5.74) is 1.57. The molecule has 0 spiro atoms. The first-order valence-electron chi connectivity index (χ1n) is 9.25. The van der Waals surface area contributed by atoms with Crippen molar-refractivity contribution in [3.8, 4) is 0 Å². The van der Waals surface area contributed by atoms with Crippen molar-refractivity contribution in [3.05, 3.63) is 88.1 Å². The van der Waals surface area contributed by atoms with Crippen LogP contribution >= 0.6 is 0 Å². The minimum atomic E-state index is -3.44. The van der Waals surface area contributed by atoms with Gasteiger partial charge in [0.1, 0.15) is 5.82 Å². The zero-order valence-corrected chi connectivity index (χ0v) is 16.3. The summed E-state index contributed by atoms with van der Waals surface area (Å²) in [5.74, 6) is 0.604. The van der Waals surface area contributed by atoms with Crippen LogP contribution in [0.5, 0.6) is 0 Å². The first kappa shape index (κ1) is 18.6. The second kappa shape index (κ2) is 7.73. The Kier molecular flexibility index (Phi) is 5.15. The lowest BCUT2D eigenvalue weighted by Crippen LogP contribution is -2.36. The van der Waals surface area contributed by atoms with Gasteiger partial charge >= 0.3 is 5.69 Å². The van der Waals surface area contributed by atoms with Gasteiger partial charge in [-0.3, -0.25) is 4.57 Å². The third-order valence-electron chi connectivity index (χ3n) is 4.92. The largest absolute Gasteiger partial charge is 0.346 e. The van der Waals surface area contributed by atoms with E-state index in [9.17, 15) is 13.2 Å². The van der Waals surface area contributed by atoms with Gasteiger partial charge in [-0.15, -0.1) is 0 Å². The van der Waals surface area contributed by atoms with Crippen LogP contribution in [0.2, 0.25) is 0 Å². The minimum Gasteiger partial charge on any atom is -0.278 e. The van der Waals surface area contributed by atoms with Crippen LogP contribution in [0.25, 0.3) is 0 Å². The van der Waals surface area contributed by atoms with E-state index >= 15 is 0 Å². The van der Waals surface area contributed by atoms with E-state index in [-0.39, 0.29) is 18.0 Å². The molecule has 2 heterocycles. The quantitative estimate of drug-likeness (QED) is 0.652. The van der Waals surface area contributed by atoms with Gasteiger partial charge in [-0.2, -0.15) is 9.40 Å². The molecule has 0 fully saturated rings. The van der Waals surface area contributed by atoms with Crippen molar-refractivity contribution in [3.63, 3.8) is 0 Å². The average Bonchev–Trinajstić information content (AvgIpc) is 2.85. The maximum Gasteiger partial charge on any atom is 0.346 e. The molecule has 8 heteroatoms. The third-order valence-corrected chi connectivity index (χ3v) is 6.77. The van der Waals surface area contributed by atoms with Crippen LogP contribution in [0.1, 0.15) is 17.0 Å². The van der Waals surface area contributed by atoms with Gasteiger partial charge in [0, 0.05) is 26.1 Å². The molecule has 146 valence electrons. The lowest BCUT2D eigenvalue weighted by Gasteiger charge is -2.19. The van der Waals surface area contributed by atoms with Crippen molar-refractivity contribution in [2.24, 2.45) is 0 Å². The normalized spacial score (nSPS) is 15.1. The summed E-state index contributed by atoms with van der Waals surface area (Å²) in [6.07, 6.45) is 0.422. The second-order valence-corrected chi connectivity index (χ2v) is 8.85. The first-order valence-corrected chi connectivity index (χ1v) is 10.9. The van der Waals surface area contributed by atoms with E-state index in [0.717, 1.165) is 11.1 Å². The van der Waals surface area contributed by atoms with E-state index in [1.54, 1.807) is 4.57 Å². The van der Waals surface area contributed by atoms with E-state index in [4.69, 9.17) is 0 Å². The predicted molar refractivity (Wildman–Crippen MR) is 106 cm³/mol. The van der Waals surface area contributed by atoms with Crippen molar-refractivity contribution >= 4 is 10.0 Å². The molecule has 2 aromatic carbocycles. The van der Waals surface area contributed by atoms with E-state index in [1.807, 2.05) is 60.7 Å². The highest BCUT2D eigenvalue weighted by molar-refractivity contribution is 7.88. The number of benzene rings is 2. The van der Waals surface area contributed by atoms with Crippen LogP contribution in [0, 0.1) is 0 Å². The Morgan fingerprint density at radius 3 is 2.18 bits per heavy atom. The van der Waals surface area contributed by atoms with Crippen molar-refractivity contribution in [1.82, 2.24) is 18.7 Å². The van der Waals surface area contributed by atoms with Crippen LogP contribution in [0.3, 0.4) is 0 Å². The van der Waals surface area contributed by atoms with Gasteiger partial charge in [0.25, 0.3) is 0 Å². The summed E-state index contributed by atoms with van der Waals surface area (Å²) >= 11 is 0. The standard InChI is InChI=1S/C20H22N4O3S/c25-20-23-14-13-22(28(26,27)16-18-9-5-2-6-10-18)12-11-19(23)21-24(20)15-17-7-3-1-4-8-17/h1-10H,11-16H2. The SMILES string of the molecule is O=c1n(Cc2ccccc2)nc2n1CCN(S(=O)(=O)Cc1ccccc1)CC2. The number of hydrogen-bond acceptors (Lipinski definition) is 4. The van der Waals surface area contributed by atoms with Gasteiger partial charge in [-0.05, 0) is 11.1 Å². The monoisotopic (exact) mass is 398 g/mol. The van der Waals surface area contributed by atoms with E-state index in [2.05, 4.69) is 5.10 Å². The highest BCUT2D eigenvalue weighted by Gasteiger charge is 2.27. The highest BCUT2D eigenvalue weighted by Crippen LogP contribution is 2.14. The van der Waals surface area contributed by atoms with Gasteiger partial charge in [0.15, 0.2) is 0 Å². The van der Waals surface area contributed by atoms with Crippen LogP contribution in [-0.4, -0.2) is 40.2 Å². The summed E-state index contributed by atoms with van der Waals surface area (Å²) in [6.45, 7) is 1.34. The Hall–Kier alpha value is -2.71. The smallest absolute Gasteiger partial charge is 0.278 e. The van der Waals surface area contributed by atoms with Crippen LogP contribution < -0.4 is 5.69 Å². The Balaban J connectivity index is 1.49. The average molecular weight is 398 g/mol. The highest BCUT2D eigenvalue weighted by atomic mass is 32.2. The molecule has 4 rings (SSSR count). The molecule has 7 nitrogen and oxygen atoms in total. The van der Waals surface area contributed by atoms with Crippen molar-refractivity contribution in [1.29, 1.82) is 0 Å². The van der Waals surface area contributed by atoms with Crippen LogP contribution in [-0.2, 0) is 35.3 Å². The van der Waals surface area contributed by atoms with E-state index in [1.165, 1.54) is 8.99 Å². The molecule has 0 amide bonds. The number of rotatable bonds is 5. The summed E-state index contributed by atoms with van der Waals surface area (Å²) in [6, 6.07) is 18.8. The Morgan fingerprint density at radius 2 is 1.50 bits per heavy atom. The number of aromatic nitrogens is 3. The molecule has 0 N–H and O–H groups in total. The Morgan fingerprint density at radius 1 is 0.857 bits per heavy atom. The van der Waals surface area contributed by atoms with Gasteiger partial charge in [0.2, 0.25) is 10.0 Å². The molecule has 1 aliphatic heterocycles. The molecule has 0 atom stereocenters. The molecular formula is C20H22N4O3S. The zero-order valence-electron chi connectivity index (χ0n) is 15.4. The molecule has 1 aliphatic rings. The molecule has 0 radical (unpaired) electrons. The maximum atomic E-state index is 12.8. The van der Waals surface area contributed by atoms with Crippen LogP contribution in [0.4, 0.5) is 0 Å². The Bertz CT molecular complexity index is 1110. The predicted octanol–water partition coefficient (Wildman–Crippen LogP) is 1.48. The summed E-state index contributed by atoms with van der Waals surface area (Å²) in [4.78, 5) is 12.7. The fraction of sp³-hybridized carbons (Fsp3) is 0.300. The summed E-state index contributed by atoms with van der Waals surface area (Å²) in [5, 5.41) is 4.45.